The standard InChI is InChI=1S/C14H15N3S/c1-3-9-5-4-6-10-11(7-16-13(9)10)12-8-18-14(15-2)17-12/h4-8,16H,3H2,1-2H3,(H,15,17). The summed E-state index contributed by atoms with van der Waals surface area (Å²) in [6, 6.07) is 6.44. The normalized spacial score (nSPS) is 11.0. The van der Waals surface area contributed by atoms with Gasteiger partial charge in [-0.05, 0) is 12.0 Å². The lowest BCUT2D eigenvalue weighted by atomic mass is 10.1. The fourth-order valence-electron chi connectivity index (χ4n) is 2.24. The highest BCUT2D eigenvalue weighted by atomic mass is 32.1. The van der Waals surface area contributed by atoms with E-state index in [1.165, 1.54) is 22.0 Å². The number of rotatable bonds is 3. The molecule has 4 heteroatoms. The zero-order valence-corrected chi connectivity index (χ0v) is 11.3. The van der Waals surface area contributed by atoms with Crippen LogP contribution >= 0.6 is 11.3 Å². The van der Waals surface area contributed by atoms with Crippen LogP contribution in [0.2, 0.25) is 0 Å². The number of nitrogens with one attached hydrogen (secondary N) is 2. The van der Waals surface area contributed by atoms with E-state index >= 15 is 0 Å². The molecule has 1 aromatic carbocycles. The van der Waals surface area contributed by atoms with Crippen LogP contribution in [0.25, 0.3) is 22.2 Å². The molecule has 2 heterocycles. The Bertz CT molecular complexity index is 681. The van der Waals surface area contributed by atoms with Crippen molar-refractivity contribution in [2.75, 3.05) is 12.4 Å². The van der Waals surface area contributed by atoms with Crippen LogP contribution in [0.15, 0.2) is 29.8 Å². The number of thiazole rings is 1. The van der Waals surface area contributed by atoms with Crippen molar-refractivity contribution >= 4 is 27.4 Å². The third-order valence-electron chi connectivity index (χ3n) is 3.18. The summed E-state index contributed by atoms with van der Waals surface area (Å²) in [6.07, 6.45) is 3.09. The minimum atomic E-state index is 0.950. The number of aryl methyl sites for hydroxylation is 1. The average molecular weight is 257 g/mol. The minimum Gasteiger partial charge on any atom is -0.365 e. The summed E-state index contributed by atoms with van der Waals surface area (Å²) in [5.74, 6) is 0. The molecule has 92 valence electrons. The maximum atomic E-state index is 4.56. The summed E-state index contributed by atoms with van der Waals surface area (Å²) in [5, 5.41) is 7.37. The minimum absolute atomic E-state index is 0.950. The van der Waals surface area contributed by atoms with Crippen LogP contribution in [-0.4, -0.2) is 17.0 Å². The highest BCUT2D eigenvalue weighted by Crippen LogP contribution is 2.32. The monoisotopic (exact) mass is 257 g/mol. The molecule has 0 aliphatic heterocycles. The fourth-order valence-corrected chi connectivity index (χ4v) is 2.91. The number of nitrogens with zero attached hydrogens (tertiary/aromatic N) is 1. The molecule has 0 unspecified atom stereocenters. The Labute approximate surface area is 110 Å². The summed E-state index contributed by atoms with van der Waals surface area (Å²) in [7, 11) is 1.90. The number of para-hydroxylation sites is 1. The smallest absolute Gasteiger partial charge is 0.182 e. The quantitative estimate of drug-likeness (QED) is 0.747. The van der Waals surface area contributed by atoms with Crippen molar-refractivity contribution in [1.29, 1.82) is 0 Å². The molecule has 0 bridgehead atoms. The van der Waals surface area contributed by atoms with Crippen molar-refractivity contribution in [3.63, 3.8) is 0 Å². The van der Waals surface area contributed by atoms with Crippen LogP contribution in [0.1, 0.15) is 12.5 Å². The van der Waals surface area contributed by atoms with Crippen molar-refractivity contribution in [2.24, 2.45) is 0 Å². The van der Waals surface area contributed by atoms with Crippen LogP contribution in [0.4, 0.5) is 5.13 Å². The van der Waals surface area contributed by atoms with Crippen LogP contribution < -0.4 is 5.32 Å². The van der Waals surface area contributed by atoms with Crippen molar-refractivity contribution < 1.29 is 0 Å². The van der Waals surface area contributed by atoms with Gasteiger partial charge in [0.2, 0.25) is 0 Å². The molecule has 18 heavy (non-hydrogen) atoms. The van der Waals surface area contributed by atoms with E-state index in [1.54, 1.807) is 11.3 Å². The second kappa shape index (κ2) is 4.46. The first-order valence-electron chi connectivity index (χ1n) is 6.06. The lowest BCUT2D eigenvalue weighted by Gasteiger charge is -1.99. The van der Waals surface area contributed by atoms with Crippen molar-refractivity contribution in [3.8, 4) is 11.3 Å². The predicted molar refractivity (Wildman–Crippen MR) is 78.3 cm³/mol. The molecule has 0 saturated carbocycles. The molecule has 0 aliphatic carbocycles. The molecular weight excluding hydrogens is 242 g/mol. The van der Waals surface area contributed by atoms with Crippen molar-refractivity contribution in [3.05, 3.63) is 35.3 Å². The van der Waals surface area contributed by atoms with Gasteiger partial charge in [-0.25, -0.2) is 4.98 Å². The van der Waals surface area contributed by atoms with Gasteiger partial charge in [-0.3, -0.25) is 0 Å². The number of H-pyrrole nitrogens is 1. The summed E-state index contributed by atoms with van der Waals surface area (Å²) in [5.41, 5.74) is 4.79. The molecular formula is C14H15N3S. The van der Waals surface area contributed by atoms with E-state index < -0.39 is 0 Å². The molecule has 2 aromatic heterocycles. The van der Waals surface area contributed by atoms with Gasteiger partial charge in [0.05, 0.1) is 5.69 Å². The van der Waals surface area contributed by atoms with Gasteiger partial charge in [-0.1, -0.05) is 25.1 Å². The lowest BCUT2D eigenvalue weighted by Crippen LogP contribution is -1.85. The molecule has 3 nitrogen and oxygen atoms in total. The van der Waals surface area contributed by atoms with Gasteiger partial charge in [-0.2, -0.15) is 0 Å². The number of aromatic nitrogens is 2. The Balaban J connectivity index is 2.18. The third kappa shape index (κ3) is 1.69. The van der Waals surface area contributed by atoms with Crippen molar-refractivity contribution in [1.82, 2.24) is 9.97 Å². The van der Waals surface area contributed by atoms with E-state index in [-0.39, 0.29) is 0 Å². The van der Waals surface area contributed by atoms with Gasteiger partial charge in [0, 0.05) is 35.1 Å². The van der Waals surface area contributed by atoms with E-state index in [2.05, 4.69) is 52.0 Å². The molecule has 3 aromatic rings. The van der Waals surface area contributed by atoms with Crippen LogP contribution in [0, 0.1) is 0 Å². The number of fused-ring (bicyclic) bond motifs is 1. The predicted octanol–water partition coefficient (Wildman–Crippen LogP) is 3.90. The second-order valence-corrected chi connectivity index (χ2v) is 5.04. The molecule has 0 fully saturated rings. The van der Waals surface area contributed by atoms with Gasteiger partial charge in [-0.15, -0.1) is 11.3 Å². The maximum absolute atomic E-state index is 4.56. The zero-order chi connectivity index (χ0) is 12.5. The van der Waals surface area contributed by atoms with Crippen LogP contribution in [-0.2, 0) is 6.42 Å². The number of benzene rings is 1. The van der Waals surface area contributed by atoms with E-state index in [9.17, 15) is 0 Å². The van der Waals surface area contributed by atoms with Gasteiger partial charge in [0.1, 0.15) is 0 Å². The van der Waals surface area contributed by atoms with E-state index in [1.807, 2.05) is 7.05 Å². The molecule has 0 spiro atoms. The van der Waals surface area contributed by atoms with Gasteiger partial charge < -0.3 is 10.3 Å². The first kappa shape index (κ1) is 11.3. The molecule has 0 amide bonds. The number of hydrogen-bond donors (Lipinski definition) is 2. The molecule has 2 N–H and O–H groups in total. The van der Waals surface area contributed by atoms with E-state index in [0.29, 0.717) is 0 Å². The Morgan fingerprint density at radius 2 is 2.28 bits per heavy atom. The highest BCUT2D eigenvalue weighted by molar-refractivity contribution is 7.14. The molecule has 0 atom stereocenters. The van der Waals surface area contributed by atoms with E-state index in [0.717, 1.165) is 17.2 Å². The highest BCUT2D eigenvalue weighted by Gasteiger charge is 2.10. The van der Waals surface area contributed by atoms with Crippen molar-refractivity contribution in [2.45, 2.75) is 13.3 Å². The SMILES string of the molecule is CCc1cccc2c(-c3csc(NC)n3)c[nH]c12. The summed E-state index contributed by atoms with van der Waals surface area (Å²) in [4.78, 5) is 7.94. The summed E-state index contributed by atoms with van der Waals surface area (Å²) >= 11 is 1.63. The third-order valence-corrected chi connectivity index (χ3v) is 4.04. The zero-order valence-electron chi connectivity index (χ0n) is 10.4. The molecule has 0 radical (unpaired) electrons. The first-order chi connectivity index (χ1) is 8.83. The largest absolute Gasteiger partial charge is 0.365 e. The Morgan fingerprint density at radius 3 is 3.00 bits per heavy atom. The molecule has 0 aliphatic rings. The molecule has 0 saturated heterocycles. The summed E-state index contributed by atoms with van der Waals surface area (Å²) < 4.78 is 0. The van der Waals surface area contributed by atoms with Crippen LogP contribution in [0.3, 0.4) is 0 Å². The van der Waals surface area contributed by atoms with E-state index in [4.69, 9.17) is 0 Å². The van der Waals surface area contributed by atoms with Gasteiger partial charge >= 0.3 is 0 Å². The Morgan fingerprint density at radius 1 is 1.39 bits per heavy atom. The second-order valence-electron chi connectivity index (χ2n) is 4.18. The lowest BCUT2D eigenvalue weighted by molar-refractivity contribution is 1.15. The maximum Gasteiger partial charge on any atom is 0.182 e. The summed E-state index contributed by atoms with van der Waals surface area (Å²) in [6.45, 7) is 2.18. The van der Waals surface area contributed by atoms with Gasteiger partial charge in [0.25, 0.3) is 0 Å². The number of anilines is 1. The van der Waals surface area contributed by atoms with Crippen LogP contribution in [0.5, 0.6) is 0 Å². The Kier molecular flexibility index (Phi) is 2.80. The topological polar surface area (TPSA) is 40.7 Å². The fraction of sp³-hybridized carbons (Fsp3) is 0.214. The number of aromatic amines is 1. The number of hydrogen-bond acceptors (Lipinski definition) is 3. The Hall–Kier alpha value is -1.81. The molecule has 3 rings (SSSR count). The first-order valence-corrected chi connectivity index (χ1v) is 6.94. The average Bonchev–Trinajstić information content (AvgIpc) is 3.03. The van der Waals surface area contributed by atoms with Gasteiger partial charge in [0.15, 0.2) is 5.13 Å².